The predicted molar refractivity (Wildman–Crippen MR) is 79.4 cm³/mol. The molecule has 1 amide bonds. The molecule has 0 aromatic heterocycles. The van der Waals surface area contributed by atoms with Crippen molar-refractivity contribution in [3.8, 4) is 0 Å². The maximum Gasteiger partial charge on any atom is 0.234 e. The Bertz CT molecular complexity index is 402. The molecule has 4 nitrogen and oxygen atoms in total. The third-order valence-electron chi connectivity index (χ3n) is 3.82. The summed E-state index contributed by atoms with van der Waals surface area (Å²) in [4.78, 5) is 11.9. The van der Waals surface area contributed by atoms with E-state index in [1.54, 1.807) is 0 Å². The van der Waals surface area contributed by atoms with Gasteiger partial charge in [-0.2, -0.15) is 0 Å². The summed E-state index contributed by atoms with van der Waals surface area (Å²) in [6, 6.07) is 10.2. The lowest BCUT2D eigenvalue weighted by atomic mass is 10.1. The second kappa shape index (κ2) is 8.02. The summed E-state index contributed by atoms with van der Waals surface area (Å²) >= 11 is 0. The normalized spacial score (nSPS) is 17.1. The fourth-order valence-corrected chi connectivity index (χ4v) is 2.71. The Hall–Kier alpha value is -1.39. The van der Waals surface area contributed by atoms with Gasteiger partial charge in [0.25, 0.3) is 0 Å². The first-order chi connectivity index (χ1) is 9.78. The fourth-order valence-electron chi connectivity index (χ4n) is 2.71. The Morgan fingerprint density at radius 3 is 2.60 bits per heavy atom. The lowest BCUT2D eigenvalue weighted by molar-refractivity contribution is -0.121. The number of aliphatic hydroxyl groups is 1. The Balaban J connectivity index is 1.72. The largest absolute Gasteiger partial charge is 0.394 e. The molecule has 2 rings (SSSR count). The summed E-state index contributed by atoms with van der Waals surface area (Å²) < 4.78 is 0. The minimum atomic E-state index is -0.213. The number of hydrogen-bond acceptors (Lipinski definition) is 3. The van der Waals surface area contributed by atoms with Gasteiger partial charge in [-0.15, -0.1) is 0 Å². The van der Waals surface area contributed by atoms with Gasteiger partial charge in [0.15, 0.2) is 0 Å². The molecule has 20 heavy (non-hydrogen) atoms. The summed E-state index contributed by atoms with van der Waals surface area (Å²) in [5, 5.41) is 15.5. The zero-order valence-electron chi connectivity index (χ0n) is 11.8. The van der Waals surface area contributed by atoms with E-state index in [2.05, 4.69) is 10.6 Å². The van der Waals surface area contributed by atoms with Gasteiger partial charge in [0.1, 0.15) is 0 Å². The van der Waals surface area contributed by atoms with Gasteiger partial charge in [0.05, 0.1) is 19.2 Å². The predicted octanol–water partition coefficient (Wildman–Crippen LogP) is 1.24. The molecule has 1 unspecified atom stereocenters. The van der Waals surface area contributed by atoms with Crippen molar-refractivity contribution < 1.29 is 9.90 Å². The van der Waals surface area contributed by atoms with Crippen LogP contribution in [0.15, 0.2) is 30.3 Å². The highest BCUT2D eigenvalue weighted by Gasteiger charge is 2.16. The summed E-state index contributed by atoms with van der Waals surface area (Å²) in [7, 11) is 0. The molecule has 3 N–H and O–H groups in total. The third-order valence-corrected chi connectivity index (χ3v) is 3.82. The van der Waals surface area contributed by atoms with E-state index in [1.807, 2.05) is 30.3 Å². The van der Waals surface area contributed by atoms with Crippen molar-refractivity contribution in [2.45, 2.75) is 44.2 Å². The summed E-state index contributed by atoms with van der Waals surface area (Å²) in [6.45, 7) is 0.306. The van der Waals surface area contributed by atoms with Crippen LogP contribution in [0.5, 0.6) is 0 Å². The molecule has 1 aromatic carbocycles. The molecule has 1 atom stereocenters. The van der Waals surface area contributed by atoms with E-state index < -0.39 is 0 Å². The van der Waals surface area contributed by atoms with Crippen LogP contribution in [-0.2, 0) is 11.2 Å². The fraction of sp³-hybridized carbons (Fsp3) is 0.562. The van der Waals surface area contributed by atoms with Gasteiger partial charge in [0, 0.05) is 6.04 Å². The van der Waals surface area contributed by atoms with E-state index in [0.29, 0.717) is 19.0 Å². The van der Waals surface area contributed by atoms with Crippen molar-refractivity contribution in [1.82, 2.24) is 10.6 Å². The molecule has 1 aromatic rings. The summed E-state index contributed by atoms with van der Waals surface area (Å²) in [5.74, 6) is -0.0353. The van der Waals surface area contributed by atoms with E-state index in [0.717, 1.165) is 5.56 Å². The maximum absolute atomic E-state index is 11.9. The molecule has 0 bridgehead atoms. The Morgan fingerprint density at radius 1 is 1.25 bits per heavy atom. The molecule has 110 valence electrons. The van der Waals surface area contributed by atoms with Gasteiger partial charge in [-0.3, -0.25) is 4.79 Å². The first-order valence-corrected chi connectivity index (χ1v) is 7.45. The van der Waals surface area contributed by atoms with Crippen molar-refractivity contribution in [2.24, 2.45) is 0 Å². The van der Waals surface area contributed by atoms with E-state index >= 15 is 0 Å². The monoisotopic (exact) mass is 276 g/mol. The SMILES string of the molecule is O=C(CNC1CCCC1)NC(CO)Cc1ccccc1. The molecule has 0 spiro atoms. The van der Waals surface area contributed by atoms with E-state index in [1.165, 1.54) is 25.7 Å². The van der Waals surface area contributed by atoms with Crippen molar-refractivity contribution in [3.05, 3.63) is 35.9 Å². The van der Waals surface area contributed by atoms with Crippen LogP contribution in [-0.4, -0.2) is 36.2 Å². The van der Waals surface area contributed by atoms with E-state index in [-0.39, 0.29) is 18.6 Å². The molecule has 0 aliphatic heterocycles. The zero-order valence-corrected chi connectivity index (χ0v) is 11.8. The third kappa shape index (κ3) is 4.94. The van der Waals surface area contributed by atoms with Gasteiger partial charge in [0.2, 0.25) is 5.91 Å². The highest BCUT2D eigenvalue weighted by atomic mass is 16.3. The van der Waals surface area contributed by atoms with Crippen LogP contribution < -0.4 is 10.6 Å². The molecular formula is C16H24N2O2. The quantitative estimate of drug-likeness (QED) is 0.702. The van der Waals surface area contributed by atoms with Crippen molar-refractivity contribution >= 4 is 5.91 Å². The van der Waals surface area contributed by atoms with Crippen LogP contribution in [0.2, 0.25) is 0 Å². The van der Waals surface area contributed by atoms with Crippen molar-refractivity contribution in [3.63, 3.8) is 0 Å². The van der Waals surface area contributed by atoms with Crippen LogP contribution in [0.4, 0.5) is 0 Å². The van der Waals surface area contributed by atoms with Gasteiger partial charge in [-0.25, -0.2) is 0 Å². The molecular weight excluding hydrogens is 252 g/mol. The Kier molecular flexibility index (Phi) is 6.02. The molecule has 0 heterocycles. The number of carbonyl (C=O) groups excluding carboxylic acids is 1. The smallest absolute Gasteiger partial charge is 0.234 e. The maximum atomic E-state index is 11.9. The van der Waals surface area contributed by atoms with Crippen molar-refractivity contribution in [2.75, 3.05) is 13.2 Å². The average Bonchev–Trinajstić information content (AvgIpc) is 2.99. The molecule has 1 aliphatic carbocycles. The first-order valence-electron chi connectivity index (χ1n) is 7.45. The van der Waals surface area contributed by atoms with Gasteiger partial charge < -0.3 is 15.7 Å². The van der Waals surface area contributed by atoms with Gasteiger partial charge >= 0.3 is 0 Å². The number of rotatable bonds is 7. The molecule has 1 fully saturated rings. The number of carbonyl (C=O) groups is 1. The van der Waals surface area contributed by atoms with Gasteiger partial charge in [-0.1, -0.05) is 43.2 Å². The highest BCUT2D eigenvalue weighted by Crippen LogP contribution is 2.17. The minimum absolute atomic E-state index is 0.0353. The summed E-state index contributed by atoms with van der Waals surface area (Å²) in [5.41, 5.74) is 1.12. The molecule has 0 saturated heterocycles. The van der Waals surface area contributed by atoms with Crippen molar-refractivity contribution in [1.29, 1.82) is 0 Å². The number of aliphatic hydroxyl groups excluding tert-OH is 1. The number of amides is 1. The van der Waals surface area contributed by atoms with Crippen LogP contribution in [0.3, 0.4) is 0 Å². The molecule has 4 heteroatoms. The Morgan fingerprint density at radius 2 is 1.95 bits per heavy atom. The summed E-state index contributed by atoms with van der Waals surface area (Å²) in [6.07, 6.45) is 5.51. The van der Waals surface area contributed by atoms with E-state index in [9.17, 15) is 9.90 Å². The van der Waals surface area contributed by atoms with Crippen LogP contribution in [0.25, 0.3) is 0 Å². The van der Waals surface area contributed by atoms with Crippen LogP contribution in [0, 0.1) is 0 Å². The standard InChI is InChI=1S/C16H24N2O2/c19-12-15(10-13-6-2-1-3-7-13)18-16(20)11-17-14-8-4-5-9-14/h1-3,6-7,14-15,17,19H,4-5,8-12H2,(H,18,20). The molecule has 1 aliphatic rings. The van der Waals surface area contributed by atoms with Gasteiger partial charge in [-0.05, 0) is 24.8 Å². The second-order valence-electron chi connectivity index (χ2n) is 5.50. The number of benzene rings is 1. The van der Waals surface area contributed by atoms with Crippen LogP contribution in [0.1, 0.15) is 31.2 Å². The topological polar surface area (TPSA) is 61.4 Å². The first kappa shape index (κ1) is 15.0. The molecule has 1 saturated carbocycles. The van der Waals surface area contributed by atoms with E-state index in [4.69, 9.17) is 0 Å². The number of hydrogen-bond donors (Lipinski definition) is 3. The minimum Gasteiger partial charge on any atom is -0.394 e. The lowest BCUT2D eigenvalue weighted by Crippen LogP contribution is -2.45. The second-order valence-corrected chi connectivity index (χ2v) is 5.50. The average molecular weight is 276 g/mol. The van der Waals surface area contributed by atoms with Crippen LogP contribution >= 0.6 is 0 Å². The highest BCUT2D eigenvalue weighted by molar-refractivity contribution is 5.78. The Labute approximate surface area is 120 Å². The lowest BCUT2D eigenvalue weighted by Gasteiger charge is -2.18. The number of nitrogens with one attached hydrogen (secondary N) is 2. The molecule has 0 radical (unpaired) electrons. The zero-order chi connectivity index (χ0) is 14.2.